The molecule has 4 rings (SSSR count). The molecular weight excluding hydrogens is 400 g/mol. The molecule has 2 aliphatic rings. The zero-order chi connectivity index (χ0) is 21.6. The molecule has 1 saturated carbocycles. The van der Waals surface area contributed by atoms with E-state index in [1.54, 1.807) is 11.8 Å². The summed E-state index contributed by atoms with van der Waals surface area (Å²) in [5.41, 5.74) is 4.11. The highest BCUT2D eigenvalue weighted by Crippen LogP contribution is 2.42. The Bertz CT molecular complexity index is 1100. The van der Waals surface area contributed by atoms with Gasteiger partial charge in [0.25, 0.3) is 0 Å². The van der Waals surface area contributed by atoms with Crippen LogP contribution in [0.5, 0.6) is 0 Å². The molecule has 7 heteroatoms. The van der Waals surface area contributed by atoms with Crippen LogP contribution in [0, 0.1) is 5.92 Å². The van der Waals surface area contributed by atoms with Crippen LogP contribution in [0.2, 0.25) is 0 Å². The normalized spacial score (nSPS) is 18.8. The molecule has 158 valence electrons. The first-order chi connectivity index (χ1) is 14.1. The Labute approximate surface area is 177 Å². The van der Waals surface area contributed by atoms with E-state index in [2.05, 4.69) is 0 Å². The minimum absolute atomic E-state index is 0.00654. The number of fused-ring (bicyclic) bond motifs is 1. The average Bonchev–Trinajstić information content (AvgIpc) is 3.51. The second kappa shape index (κ2) is 7.54. The number of sulfone groups is 1. The third-order valence-electron chi connectivity index (χ3n) is 5.66. The van der Waals surface area contributed by atoms with Crippen LogP contribution in [0.1, 0.15) is 32.3 Å². The van der Waals surface area contributed by atoms with Crippen molar-refractivity contribution in [2.45, 2.75) is 38.5 Å². The van der Waals surface area contributed by atoms with Crippen LogP contribution in [0.4, 0.5) is 11.4 Å². The van der Waals surface area contributed by atoms with Gasteiger partial charge in [0.1, 0.15) is 0 Å². The van der Waals surface area contributed by atoms with Gasteiger partial charge in [-0.25, -0.2) is 8.42 Å². The fraction of sp³-hybridized carbons (Fsp3) is 0.391. The van der Waals surface area contributed by atoms with Crippen LogP contribution < -0.4 is 9.80 Å². The van der Waals surface area contributed by atoms with Crippen molar-refractivity contribution in [2.24, 2.45) is 5.92 Å². The van der Waals surface area contributed by atoms with E-state index in [0.717, 1.165) is 40.9 Å². The van der Waals surface area contributed by atoms with Gasteiger partial charge in [-0.05, 0) is 48.6 Å². The van der Waals surface area contributed by atoms with Gasteiger partial charge in [0.2, 0.25) is 11.8 Å². The molecule has 0 bridgehead atoms. The van der Waals surface area contributed by atoms with E-state index in [1.807, 2.05) is 54.3 Å². The van der Waals surface area contributed by atoms with E-state index >= 15 is 0 Å². The number of anilines is 2. The minimum Gasteiger partial charge on any atom is -0.308 e. The van der Waals surface area contributed by atoms with E-state index < -0.39 is 9.84 Å². The van der Waals surface area contributed by atoms with Gasteiger partial charge in [0, 0.05) is 25.6 Å². The van der Waals surface area contributed by atoms with Gasteiger partial charge in [-0.15, -0.1) is 0 Å². The average molecular weight is 427 g/mol. The summed E-state index contributed by atoms with van der Waals surface area (Å²) in [6, 6.07) is 13.1. The Hall–Kier alpha value is -2.67. The van der Waals surface area contributed by atoms with Crippen LogP contribution in [-0.2, 0) is 25.2 Å². The van der Waals surface area contributed by atoms with E-state index in [4.69, 9.17) is 0 Å². The zero-order valence-corrected chi connectivity index (χ0v) is 18.3. The van der Waals surface area contributed by atoms with E-state index in [1.165, 1.54) is 6.26 Å². The second-order valence-electron chi connectivity index (χ2n) is 8.43. The molecule has 0 unspecified atom stereocenters. The van der Waals surface area contributed by atoms with Crippen molar-refractivity contribution in [3.8, 4) is 11.1 Å². The van der Waals surface area contributed by atoms with Crippen molar-refractivity contribution in [3.63, 3.8) is 0 Å². The molecule has 1 aliphatic heterocycles. The lowest BCUT2D eigenvalue weighted by molar-refractivity contribution is -0.120. The Kier molecular flexibility index (Phi) is 5.18. The number of rotatable bonds is 4. The Morgan fingerprint density at radius 2 is 1.63 bits per heavy atom. The van der Waals surface area contributed by atoms with Crippen LogP contribution >= 0.6 is 0 Å². The molecule has 30 heavy (non-hydrogen) atoms. The molecule has 2 aromatic carbocycles. The molecule has 0 saturated heterocycles. The van der Waals surface area contributed by atoms with Crippen molar-refractivity contribution in [2.75, 3.05) is 22.6 Å². The predicted octanol–water partition coefficient (Wildman–Crippen LogP) is 3.40. The fourth-order valence-electron chi connectivity index (χ4n) is 4.14. The largest absolute Gasteiger partial charge is 0.308 e. The minimum atomic E-state index is -3.09. The van der Waals surface area contributed by atoms with Crippen molar-refractivity contribution in [3.05, 3.63) is 48.0 Å². The number of hydrogen-bond acceptors (Lipinski definition) is 4. The number of benzene rings is 2. The number of carbonyl (C=O) groups is 2. The highest BCUT2D eigenvalue weighted by molar-refractivity contribution is 7.89. The van der Waals surface area contributed by atoms with Gasteiger partial charge in [-0.1, -0.05) is 30.3 Å². The summed E-state index contributed by atoms with van der Waals surface area (Å²) in [5, 5.41) is 0. The van der Waals surface area contributed by atoms with Crippen molar-refractivity contribution < 1.29 is 18.0 Å². The van der Waals surface area contributed by atoms with Gasteiger partial charge in [-0.3, -0.25) is 9.59 Å². The summed E-state index contributed by atoms with van der Waals surface area (Å²) in [5.74, 6) is 0.187. The predicted molar refractivity (Wildman–Crippen MR) is 118 cm³/mol. The summed E-state index contributed by atoms with van der Waals surface area (Å²) in [7, 11) is -3.09. The molecule has 1 aliphatic carbocycles. The monoisotopic (exact) mass is 426 g/mol. The fourth-order valence-corrected chi connectivity index (χ4v) is 4.94. The summed E-state index contributed by atoms with van der Waals surface area (Å²) in [4.78, 5) is 28.8. The lowest BCUT2D eigenvalue weighted by Gasteiger charge is -2.41. The summed E-state index contributed by atoms with van der Waals surface area (Å²) in [6.07, 6.45) is 3.07. The lowest BCUT2D eigenvalue weighted by atomic mass is 9.99. The van der Waals surface area contributed by atoms with Gasteiger partial charge < -0.3 is 9.80 Å². The molecule has 0 radical (unpaired) electrons. The van der Waals surface area contributed by atoms with E-state index in [9.17, 15) is 18.0 Å². The second-order valence-corrected chi connectivity index (χ2v) is 10.6. The third kappa shape index (κ3) is 4.12. The van der Waals surface area contributed by atoms with Gasteiger partial charge in [0.05, 0.1) is 23.2 Å². The van der Waals surface area contributed by atoms with Gasteiger partial charge >= 0.3 is 0 Å². The smallest absolute Gasteiger partial charge is 0.230 e. The van der Waals surface area contributed by atoms with Crippen LogP contribution in [-0.4, -0.2) is 39.1 Å². The molecule has 1 heterocycles. The maximum absolute atomic E-state index is 12.9. The van der Waals surface area contributed by atoms with Gasteiger partial charge in [-0.2, -0.15) is 0 Å². The molecular formula is C23H26N2O4S. The lowest BCUT2D eigenvalue weighted by Crippen LogP contribution is -2.51. The first-order valence-electron chi connectivity index (χ1n) is 10.2. The summed E-state index contributed by atoms with van der Waals surface area (Å²) < 4.78 is 23.0. The van der Waals surface area contributed by atoms with Crippen LogP contribution in [0.15, 0.2) is 42.5 Å². The molecule has 1 atom stereocenters. The van der Waals surface area contributed by atoms with Crippen molar-refractivity contribution >= 4 is 33.0 Å². The Balaban J connectivity index is 1.73. The first-order valence-corrected chi connectivity index (χ1v) is 12.2. The zero-order valence-electron chi connectivity index (χ0n) is 17.5. The molecule has 0 aromatic heterocycles. The SMILES string of the molecule is CC(=O)N1c2ccc(-c3ccc(CS(C)(=O)=O)cc3)cc2N(C(=O)C2CC2)C[C@@H]1C. The Morgan fingerprint density at radius 3 is 2.20 bits per heavy atom. The van der Waals surface area contributed by atoms with Crippen LogP contribution in [0.25, 0.3) is 11.1 Å². The van der Waals surface area contributed by atoms with E-state index in [-0.39, 0.29) is 29.5 Å². The summed E-state index contributed by atoms with van der Waals surface area (Å²) in [6.45, 7) is 4.00. The molecule has 6 nitrogen and oxygen atoms in total. The number of hydrogen-bond donors (Lipinski definition) is 0. The third-order valence-corrected chi connectivity index (χ3v) is 6.52. The highest BCUT2D eigenvalue weighted by Gasteiger charge is 2.39. The topological polar surface area (TPSA) is 74.8 Å². The maximum atomic E-state index is 12.9. The standard InChI is InChI=1S/C23H26N2O4S/c1-15-13-24(23(27)19-8-9-19)22-12-20(10-11-21(22)25(15)16(2)26)18-6-4-17(5-7-18)14-30(3,28)29/h4-7,10-12,15,19H,8-9,13-14H2,1-3H3/t15-/m0/s1. The number of carbonyl (C=O) groups excluding carboxylic acids is 2. The maximum Gasteiger partial charge on any atom is 0.230 e. The van der Waals surface area contributed by atoms with Gasteiger partial charge in [0.15, 0.2) is 9.84 Å². The molecule has 2 amide bonds. The van der Waals surface area contributed by atoms with E-state index in [0.29, 0.717) is 6.54 Å². The van der Waals surface area contributed by atoms with Crippen LogP contribution in [0.3, 0.4) is 0 Å². The highest BCUT2D eigenvalue weighted by atomic mass is 32.2. The molecule has 0 N–H and O–H groups in total. The first kappa shape index (κ1) is 20.6. The Morgan fingerprint density at radius 1 is 1.00 bits per heavy atom. The summed E-state index contributed by atoms with van der Waals surface area (Å²) >= 11 is 0. The number of nitrogens with zero attached hydrogens (tertiary/aromatic N) is 2. The molecule has 1 fully saturated rings. The number of amides is 2. The van der Waals surface area contributed by atoms with Crippen molar-refractivity contribution in [1.29, 1.82) is 0 Å². The quantitative estimate of drug-likeness (QED) is 0.751. The van der Waals surface area contributed by atoms with Crippen molar-refractivity contribution in [1.82, 2.24) is 0 Å². The molecule has 0 spiro atoms. The molecule has 2 aromatic rings.